The third kappa shape index (κ3) is 9.31. The number of alkyl halides is 1. The first kappa shape index (κ1) is 33.4. The Balaban J connectivity index is 1.39. The monoisotopic (exact) mass is 640 g/mol. The van der Waals surface area contributed by atoms with Crippen LogP contribution in [0.2, 0.25) is 13.1 Å². The van der Waals surface area contributed by atoms with Gasteiger partial charge in [0.15, 0.2) is 14.4 Å². The summed E-state index contributed by atoms with van der Waals surface area (Å²) in [6, 6.07) is 36.7. The van der Waals surface area contributed by atoms with Gasteiger partial charge in [0, 0.05) is 0 Å². The molecule has 46 heavy (non-hydrogen) atoms. The van der Waals surface area contributed by atoms with Crippen molar-refractivity contribution in [2.45, 2.75) is 63.1 Å². The van der Waals surface area contributed by atoms with E-state index in [0.717, 1.165) is 28.3 Å². The summed E-state index contributed by atoms with van der Waals surface area (Å²) in [4.78, 5) is 13.2. The van der Waals surface area contributed by atoms with Gasteiger partial charge >= 0.3 is 5.97 Å². The molecule has 6 nitrogen and oxygen atoms in total. The van der Waals surface area contributed by atoms with Crippen LogP contribution in [0.1, 0.15) is 32.6 Å². The van der Waals surface area contributed by atoms with Gasteiger partial charge in [0.2, 0.25) is 6.36 Å². The third-order valence-corrected chi connectivity index (χ3v) is 10.1. The molecule has 1 aliphatic rings. The zero-order chi connectivity index (χ0) is 32.4. The zero-order valence-corrected chi connectivity index (χ0v) is 27.3. The molecule has 0 aliphatic carbocycles. The quantitative estimate of drug-likeness (QED) is 0.104. The zero-order valence-electron chi connectivity index (χ0n) is 26.3. The van der Waals surface area contributed by atoms with E-state index in [4.69, 9.17) is 23.4 Å². The number of hydrogen-bond donors (Lipinski definition) is 0. The standard InChI is InChI=1S/C38H41FO6Si/c1-4-28-20-22-31(23-21-28)27-46(2,3)43-26-33-34(41-24-29-14-8-5-9-15-29)35(42-25-30-16-10-6-11-17-30)36(37(39)44-33)45-38(40)32-18-12-7-13-19-32/h4-23,33-37H,1,24-27H2,2-3H3/t33-,34-,35+,36-,37?/m1/s1. The molecule has 5 rings (SSSR count). The fourth-order valence-corrected chi connectivity index (χ4v) is 7.37. The molecule has 0 amide bonds. The van der Waals surface area contributed by atoms with Crippen molar-refractivity contribution in [3.8, 4) is 0 Å². The summed E-state index contributed by atoms with van der Waals surface area (Å²) in [6.45, 7) is 8.55. The van der Waals surface area contributed by atoms with Gasteiger partial charge in [0.05, 0.1) is 25.4 Å². The summed E-state index contributed by atoms with van der Waals surface area (Å²) in [5.41, 5.74) is 4.34. The molecule has 0 radical (unpaired) electrons. The smallest absolute Gasteiger partial charge is 0.338 e. The van der Waals surface area contributed by atoms with Crippen LogP contribution in [-0.4, -0.2) is 51.7 Å². The minimum absolute atomic E-state index is 0.0917. The van der Waals surface area contributed by atoms with Gasteiger partial charge in [-0.2, -0.15) is 0 Å². The maximum atomic E-state index is 16.0. The fraction of sp³-hybridized carbons (Fsp3) is 0.289. The second kappa shape index (κ2) is 16.1. The molecular formula is C38H41FO6Si. The van der Waals surface area contributed by atoms with Gasteiger partial charge in [-0.3, -0.25) is 0 Å². The van der Waals surface area contributed by atoms with Crippen LogP contribution in [0.25, 0.3) is 6.08 Å². The molecule has 0 bridgehead atoms. The molecule has 8 heteroatoms. The third-order valence-electron chi connectivity index (χ3n) is 7.88. The van der Waals surface area contributed by atoms with E-state index in [1.807, 2.05) is 78.9 Å². The minimum atomic E-state index is -2.28. The second-order valence-corrected chi connectivity index (χ2v) is 16.1. The summed E-state index contributed by atoms with van der Waals surface area (Å²) >= 11 is 0. The van der Waals surface area contributed by atoms with Gasteiger partial charge in [-0.25, -0.2) is 9.18 Å². The molecule has 1 aliphatic heterocycles. The van der Waals surface area contributed by atoms with E-state index in [0.29, 0.717) is 5.56 Å². The fourth-order valence-electron chi connectivity index (χ4n) is 5.44. The summed E-state index contributed by atoms with van der Waals surface area (Å²) in [7, 11) is -2.28. The van der Waals surface area contributed by atoms with Crippen molar-refractivity contribution in [2.75, 3.05) is 6.61 Å². The number of hydrogen-bond acceptors (Lipinski definition) is 6. The van der Waals surface area contributed by atoms with Crippen LogP contribution in [0, 0.1) is 0 Å². The Labute approximate surface area is 271 Å². The number of carbonyl (C=O) groups excluding carboxylic acids is 1. The van der Waals surface area contributed by atoms with E-state index in [9.17, 15) is 4.79 Å². The summed E-state index contributed by atoms with van der Waals surface area (Å²) < 4.78 is 47.2. The molecule has 1 fully saturated rings. The molecular weight excluding hydrogens is 599 g/mol. The van der Waals surface area contributed by atoms with Gasteiger partial charge < -0.3 is 23.4 Å². The molecule has 240 valence electrons. The summed E-state index contributed by atoms with van der Waals surface area (Å²) in [6.07, 6.45) is -4.13. The van der Waals surface area contributed by atoms with Gasteiger partial charge in [0.1, 0.15) is 18.3 Å². The predicted octanol–water partition coefficient (Wildman–Crippen LogP) is 7.72. The highest BCUT2D eigenvalue weighted by Crippen LogP contribution is 2.32. The SMILES string of the molecule is C=Cc1ccc(C[Si](C)(C)OC[C@H]2OC(F)[C@H](OC(=O)c3ccccc3)[C@@H](OCc3ccccc3)[C@@H]2OCc2ccccc2)cc1. The highest BCUT2D eigenvalue weighted by Gasteiger charge is 2.50. The first-order chi connectivity index (χ1) is 22.3. The van der Waals surface area contributed by atoms with E-state index in [2.05, 4.69) is 31.8 Å². The topological polar surface area (TPSA) is 63.2 Å². The lowest BCUT2D eigenvalue weighted by atomic mass is 9.98. The van der Waals surface area contributed by atoms with Gasteiger partial charge in [-0.1, -0.05) is 116 Å². The van der Waals surface area contributed by atoms with Crippen molar-refractivity contribution in [1.29, 1.82) is 0 Å². The number of benzene rings is 4. The summed E-state index contributed by atoms with van der Waals surface area (Å²) in [5, 5.41) is 0. The van der Waals surface area contributed by atoms with Crippen molar-refractivity contribution < 1.29 is 32.6 Å². The average Bonchev–Trinajstić information content (AvgIpc) is 3.08. The molecule has 5 atom stereocenters. The van der Waals surface area contributed by atoms with E-state index in [-0.39, 0.29) is 19.8 Å². The van der Waals surface area contributed by atoms with E-state index < -0.39 is 45.1 Å². The van der Waals surface area contributed by atoms with Crippen molar-refractivity contribution in [3.05, 3.63) is 150 Å². The number of halogens is 1. The first-order valence-electron chi connectivity index (χ1n) is 15.5. The maximum absolute atomic E-state index is 16.0. The average molecular weight is 641 g/mol. The molecule has 0 N–H and O–H groups in total. The van der Waals surface area contributed by atoms with Crippen LogP contribution in [0.5, 0.6) is 0 Å². The van der Waals surface area contributed by atoms with Crippen molar-refractivity contribution in [2.24, 2.45) is 0 Å². The number of rotatable bonds is 14. The molecule has 0 saturated carbocycles. The van der Waals surface area contributed by atoms with Gasteiger partial charge in [0.25, 0.3) is 0 Å². The van der Waals surface area contributed by atoms with E-state index in [1.54, 1.807) is 30.3 Å². The largest absolute Gasteiger partial charge is 0.450 e. The lowest BCUT2D eigenvalue weighted by molar-refractivity contribution is -0.283. The number of ether oxygens (including phenoxy) is 4. The molecule has 4 aromatic carbocycles. The van der Waals surface area contributed by atoms with E-state index >= 15 is 4.39 Å². The van der Waals surface area contributed by atoms with E-state index in [1.165, 1.54) is 0 Å². The molecule has 4 aromatic rings. The molecule has 0 spiro atoms. The summed E-state index contributed by atoms with van der Waals surface area (Å²) in [5.74, 6) is -0.669. The molecule has 1 unspecified atom stereocenters. The number of carbonyl (C=O) groups is 1. The highest BCUT2D eigenvalue weighted by atomic mass is 28.4. The Morgan fingerprint density at radius 2 is 1.30 bits per heavy atom. The normalized spacial score (nSPS) is 21.4. The molecule has 1 heterocycles. The van der Waals surface area contributed by atoms with Crippen molar-refractivity contribution >= 4 is 20.4 Å². The van der Waals surface area contributed by atoms with Crippen LogP contribution < -0.4 is 0 Å². The Morgan fingerprint density at radius 3 is 1.87 bits per heavy atom. The van der Waals surface area contributed by atoms with Crippen LogP contribution in [-0.2, 0) is 42.6 Å². The van der Waals surface area contributed by atoms with Gasteiger partial charge in [-0.05, 0) is 53.5 Å². The van der Waals surface area contributed by atoms with Crippen LogP contribution in [0.15, 0.2) is 122 Å². The Morgan fingerprint density at radius 1 is 0.761 bits per heavy atom. The van der Waals surface area contributed by atoms with Crippen molar-refractivity contribution in [1.82, 2.24) is 0 Å². The first-order valence-corrected chi connectivity index (χ1v) is 18.6. The Hall–Kier alpha value is -3.92. The lowest BCUT2D eigenvalue weighted by Gasteiger charge is -2.44. The van der Waals surface area contributed by atoms with Crippen LogP contribution >= 0.6 is 0 Å². The number of esters is 1. The second-order valence-electron chi connectivity index (χ2n) is 12.0. The lowest BCUT2D eigenvalue weighted by Crippen LogP contribution is -2.61. The Kier molecular flexibility index (Phi) is 11.7. The Bertz CT molecular complexity index is 1520. The van der Waals surface area contributed by atoms with Crippen LogP contribution in [0.3, 0.4) is 0 Å². The van der Waals surface area contributed by atoms with Crippen LogP contribution in [0.4, 0.5) is 4.39 Å². The van der Waals surface area contributed by atoms with Crippen molar-refractivity contribution in [3.63, 3.8) is 0 Å². The highest BCUT2D eigenvalue weighted by molar-refractivity contribution is 6.70. The maximum Gasteiger partial charge on any atom is 0.338 e. The predicted molar refractivity (Wildman–Crippen MR) is 179 cm³/mol. The van der Waals surface area contributed by atoms with Gasteiger partial charge in [-0.15, -0.1) is 0 Å². The minimum Gasteiger partial charge on any atom is -0.450 e. The molecule has 1 saturated heterocycles. The molecule has 0 aromatic heterocycles.